The lowest BCUT2D eigenvalue weighted by atomic mass is 10.1. The van der Waals surface area contributed by atoms with Crippen molar-refractivity contribution in [1.82, 2.24) is 15.0 Å². The summed E-state index contributed by atoms with van der Waals surface area (Å²) in [5, 5.41) is 8.99. The molecule has 0 saturated carbocycles. The average Bonchev–Trinajstić information content (AvgIpc) is 3.24. The van der Waals surface area contributed by atoms with Gasteiger partial charge in [-0.05, 0) is 26.7 Å². The number of anilines is 1. The highest BCUT2D eigenvalue weighted by molar-refractivity contribution is 7.13. The van der Waals surface area contributed by atoms with E-state index in [0.717, 1.165) is 17.7 Å². The second-order valence-corrected chi connectivity index (χ2v) is 6.45. The summed E-state index contributed by atoms with van der Waals surface area (Å²) in [5.41, 5.74) is 1.53. The van der Waals surface area contributed by atoms with Crippen molar-refractivity contribution in [1.29, 1.82) is 0 Å². The van der Waals surface area contributed by atoms with E-state index in [0.29, 0.717) is 23.9 Å². The predicted molar refractivity (Wildman–Crippen MR) is 85.2 cm³/mol. The van der Waals surface area contributed by atoms with Crippen LogP contribution in [0.5, 0.6) is 0 Å². The maximum absolute atomic E-state index is 12.6. The first-order valence-electron chi connectivity index (χ1n) is 7.48. The normalized spacial score (nSPS) is 17.5. The highest BCUT2D eigenvalue weighted by Crippen LogP contribution is 2.22. The number of amides is 2. The van der Waals surface area contributed by atoms with E-state index < -0.39 is 6.04 Å². The number of nitrogens with zero attached hydrogens (tertiary/aromatic N) is 3. The molecule has 1 aliphatic rings. The van der Waals surface area contributed by atoms with Gasteiger partial charge in [-0.1, -0.05) is 5.16 Å². The Morgan fingerprint density at radius 3 is 2.96 bits per heavy atom. The molecule has 2 aromatic rings. The van der Waals surface area contributed by atoms with Gasteiger partial charge in [-0.3, -0.25) is 9.59 Å². The first-order valence-corrected chi connectivity index (χ1v) is 8.36. The molecule has 2 aromatic heterocycles. The van der Waals surface area contributed by atoms with Crippen LogP contribution in [0.2, 0.25) is 0 Å². The third-order valence-corrected chi connectivity index (χ3v) is 4.74. The number of aryl methyl sites for hydroxylation is 2. The van der Waals surface area contributed by atoms with Gasteiger partial charge in [-0.2, -0.15) is 0 Å². The molecule has 0 aromatic carbocycles. The van der Waals surface area contributed by atoms with Crippen LogP contribution in [0.25, 0.3) is 0 Å². The van der Waals surface area contributed by atoms with Crippen LogP contribution < -0.4 is 5.32 Å². The number of nitrogens with one attached hydrogen (secondary N) is 1. The number of rotatable bonds is 4. The molecule has 1 unspecified atom stereocenters. The van der Waals surface area contributed by atoms with Gasteiger partial charge in [0, 0.05) is 23.7 Å². The second-order valence-electron chi connectivity index (χ2n) is 5.55. The summed E-state index contributed by atoms with van der Waals surface area (Å²) in [6, 6.07) is -0.438. The van der Waals surface area contributed by atoms with Gasteiger partial charge in [0.2, 0.25) is 11.8 Å². The summed E-state index contributed by atoms with van der Waals surface area (Å²) in [6.07, 6.45) is 3.34. The van der Waals surface area contributed by atoms with Crippen LogP contribution in [-0.4, -0.2) is 39.4 Å². The van der Waals surface area contributed by atoms with Crippen molar-refractivity contribution < 1.29 is 14.1 Å². The molecular formula is C15H18N4O3S. The minimum Gasteiger partial charge on any atom is -0.361 e. The first kappa shape index (κ1) is 15.7. The van der Waals surface area contributed by atoms with E-state index in [1.165, 1.54) is 11.3 Å². The number of thiazole rings is 1. The summed E-state index contributed by atoms with van der Waals surface area (Å²) in [7, 11) is 0. The maximum Gasteiger partial charge on any atom is 0.248 e. The smallest absolute Gasteiger partial charge is 0.248 e. The fourth-order valence-corrected chi connectivity index (χ4v) is 3.35. The lowest BCUT2D eigenvalue weighted by molar-refractivity contribution is -0.136. The summed E-state index contributed by atoms with van der Waals surface area (Å²) in [4.78, 5) is 30.7. The zero-order valence-electron chi connectivity index (χ0n) is 13.0. The van der Waals surface area contributed by atoms with Crippen molar-refractivity contribution in [2.24, 2.45) is 0 Å². The largest absolute Gasteiger partial charge is 0.361 e. The standard InChI is InChI=1S/C15H18N4O3S/c1-9-11(10(2)22-18-9)8-13(20)19-6-3-4-12(19)14(21)17-15-16-5-7-23-15/h5,7,12H,3-4,6,8H2,1-2H3,(H,16,17,21). The SMILES string of the molecule is Cc1noc(C)c1CC(=O)N1CCCC1C(=O)Nc1nccs1. The molecule has 2 amide bonds. The molecule has 122 valence electrons. The Balaban J connectivity index is 1.68. The van der Waals surface area contributed by atoms with Crippen molar-refractivity contribution in [2.45, 2.75) is 39.2 Å². The molecule has 0 aliphatic carbocycles. The molecule has 0 spiro atoms. The molecule has 1 aliphatic heterocycles. The van der Waals surface area contributed by atoms with E-state index in [9.17, 15) is 9.59 Å². The summed E-state index contributed by atoms with van der Waals surface area (Å²) < 4.78 is 5.10. The molecule has 1 fully saturated rings. The molecule has 7 nitrogen and oxygen atoms in total. The van der Waals surface area contributed by atoms with Gasteiger partial charge in [-0.25, -0.2) is 4.98 Å². The molecule has 8 heteroatoms. The van der Waals surface area contributed by atoms with E-state index in [2.05, 4.69) is 15.5 Å². The quantitative estimate of drug-likeness (QED) is 0.923. The summed E-state index contributed by atoms with van der Waals surface area (Å²) in [6.45, 7) is 4.20. The van der Waals surface area contributed by atoms with Crippen LogP contribution in [0, 0.1) is 13.8 Å². The van der Waals surface area contributed by atoms with Crippen LogP contribution in [-0.2, 0) is 16.0 Å². The third kappa shape index (κ3) is 3.26. The lowest BCUT2D eigenvalue weighted by Crippen LogP contribution is -2.43. The summed E-state index contributed by atoms with van der Waals surface area (Å²) in [5.74, 6) is 0.402. The number of carbonyl (C=O) groups is 2. The zero-order chi connectivity index (χ0) is 16.4. The number of likely N-dealkylation sites (tertiary alicyclic amines) is 1. The predicted octanol–water partition coefficient (Wildman–Crippen LogP) is 1.92. The molecule has 1 atom stereocenters. The molecule has 3 heterocycles. The fourth-order valence-electron chi connectivity index (χ4n) is 2.82. The van der Waals surface area contributed by atoms with Crippen LogP contribution in [0.1, 0.15) is 29.9 Å². The van der Waals surface area contributed by atoms with Gasteiger partial charge < -0.3 is 14.7 Å². The van der Waals surface area contributed by atoms with E-state index in [1.54, 1.807) is 23.4 Å². The highest BCUT2D eigenvalue weighted by atomic mass is 32.1. The van der Waals surface area contributed by atoms with Crippen molar-refractivity contribution >= 4 is 28.3 Å². The number of carbonyl (C=O) groups excluding carboxylic acids is 2. The molecule has 3 rings (SSSR count). The third-order valence-electron chi connectivity index (χ3n) is 4.05. The molecule has 0 radical (unpaired) electrons. The van der Waals surface area contributed by atoms with Crippen LogP contribution in [0.4, 0.5) is 5.13 Å². The van der Waals surface area contributed by atoms with Crippen molar-refractivity contribution in [3.63, 3.8) is 0 Å². The Bertz CT molecular complexity index is 691. The molecule has 0 bridgehead atoms. The van der Waals surface area contributed by atoms with Crippen molar-refractivity contribution in [3.05, 3.63) is 28.6 Å². The Labute approximate surface area is 137 Å². The number of hydrogen-bond donors (Lipinski definition) is 1. The van der Waals surface area contributed by atoms with Gasteiger partial charge >= 0.3 is 0 Å². The number of hydrogen-bond acceptors (Lipinski definition) is 6. The van der Waals surface area contributed by atoms with Gasteiger partial charge in [0.05, 0.1) is 12.1 Å². The van der Waals surface area contributed by atoms with Gasteiger partial charge in [0.15, 0.2) is 5.13 Å². The molecule has 23 heavy (non-hydrogen) atoms. The maximum atomic E-state index is 12.6. The molecule has 1 saturated heterocycles. The Kier molecular flexibility index (Phi) is 4.42. The van der Waals surface area contributed by atoms with Crippen LogP contribution in [0.15, 0.2) is 16.1 Å². The van der Waals surface area contributed by atoms with Crippen molar-refractivity contribution in [2.75, 3.05) is 11.9 Å². The first-order chi connectivity index (χ1) is 11.1. The van der Waals surface area contributed by atoms with E-state index in [-0.39, 0.29) is 18.2 Å². The minimum atomic E-state index is -0.438. The Morgan fingerprint density at radius 2 is 2.30 bits per heavy atom. The van der Waals surface area contributed by atoms with Gasteiger partial charge in [-0.15, -0.1) is 11.3 Å². The fraction of sp³-hybridized carbons (Fsp3) is 0.467. The summed E-state index contributed by atoms with van der Waals surface area (Å²) >= 11 is 1.36. The Morgan fingerprint density at radius 1 is 1.48 bits per heavy atom. The molecular weight excluding hydrogens is 316 g/mol. The monoisotopic (exact) mass is 334 g/mol. The zero-order valence-corrected chi connectivity index (χ0v) is 13.9. The minimum absolute atomic E-state index is 0.0730. The van der Waals surface area contributed by atoms with Crippen LogP contribution in [0.3, 0.4) is 0 Å². The van der Waals surface area contributed by atoms with Crippen LogP contribution >= 0.6 is 11.3 Å². The topological polar surface area (TPSA) is 88.3 Å². The van der Waals surface area contributed by atoms with E-state index in [4.69, 9.17) is 4.52 Å². The van der Waals surface area contributed by atoms with E-state index >= 15 is 0 Å². The van der Waals surface area contributed by atoms with Gasteiger partial charge in [0.1, 0.15) is 11.8 Å². The second kappa shape index (κ2) is 6.49. The highest BCUT2D eigenvalue weighted by Gasteiger charge is 2.34. The van der Waals surface area contributed by atoms with E-state index in [1.807, 2.05) is 6.92 Å². The Hall–Kier alpha value is -2.22. The lowest BCUT2D eigenvalue weighted by Gasteiger charge is -2.23. The average molecular weight is 334 g/mol. The number of aromatic nitrogens is 2. The molecule has 1 N–H and O–H groups in total. The van der Waals surface area contributed by atoms with Crippen molar-refractivity contribution in [3.8, 4) is 0 Å². The van der Waals surface area contributed by atoms with Gasteiger partial charge in [0.25, 0.3) is 0 Å².